The molecule has 0 saturated heterocycles. The number of fused-ring (bicyclic) bond motifs is 1. The van der Waals surface area contributed by atoms with E-state index in [2.05, 4.69) is 5.32 Å². The Labute approximate surface area is 190 Å². The van der Waals surface area contributed by atoms with Gasteiger partial charge in [0.2, 0.25) is 21.2 Å². The lowest BCUT2D eigenvalue weighted by Gasteiger charge is -2.14. The summed E-state index contributed by atoms with van der Waals surface area (Å²) in [7, 11) is -4.07. The number of carbonyl (C=O) groups excluding carboxylic acids is 1. The van der Waals surface area contributed by atoms with E-state index in [0.29, 0.717) is 16.2 Å². The van der Waals surface area contributed by atoms with Gasteiger partial charge in [-0.25, -0.2) is 8.42 Å². The smallest absolute Gasteiger partial charge is 0.244 e. The Kier molecular flexibility index (Phi) is 5.86. The molecule has 1 N–H and O–H groups in total. The molecule has 4 aromatic rings. The summed E-state index contributed by atoms with van der Waals surface area (Å²) in [5, 5.41) is 3.50. The number of rotatable bonds is 5. The second-order valence-electron chi connectivity index (χ2n) is 7.30. The van der Waals surface area contributed by atoms with Crippen LogP contribution in [-0.4, -0.2) is 18.9 Å². The normalized spacial score (nSPS) is 11.4. The number of nitrogens with one attached hydrogen (secondary N) is 1. The summed E-state index contributed by atoms with van der Waals surface area (Å²) in [5.41, 5.74) is 1.26. The van der Waals surface area contributed by atoms with E-state index in [9.17, 15) is 18.0 Å². The molecule has 0 atom stereocenters. The first-order valence-electron chi connectivity index (χ1n) is 9.76. The van der Waals surface area contributed by atoms with E-state index >= 15 is 0 Å². The highest BCUT2D eigenvalue weighted by molar-refractivity contribution is 7.91. The fourth-order valence-electron chi connectivity index (χ4n) is 3.39. The molecular weight excluding hydrogens is 448 g/mol. The molecular formula is C24H19ClN2O4S. The molecule has 0 fully saturated rings. The van der Waals surface area contributed by atoms with Gasteiger partial charge < -0.3 is 9.88 Å². The molecule has 0 aliphatic rings. The highest BCUT2D eigenvalue weighted by Crippen LogP contribution is 2.22. The van der Waals surface area contributed by atoms with Crippen molar-refractivity contribution in [3.05, 3.63) is 99.8 Å². The summed E-state index contributed by atoms with van der Waals surface area (Å²) in [6.07, 6.45) is 1.23. The van der Waals surface area contributed by atoms with Crippen LogP contribution < -0.4 is 10.7 Å². The van der Waals surface area contributed by atoms with Crippen LogP contribution in [0.3, 0.4) is 0 Å². The molecule has 1 aromatic heterocycles. The molecule has 0 radical (unpaired) electrons. The van der Waals surface area contributed by atoms with Crippen LogP contribution in [0.25, 0.3) is 10.9 Å². The Morgan fingerprint density at radius 1 is 1.00 bits per heavy atom. The Bertz CT molecular complexity index is 1500. The summed E-state index contributed by atoms with van der Waals surface area (Å²) < 4.78 is 27.8. The molecule has 0 saturated carbocycles. The molecule has 1 heterocycles. The lowest BCUT2D eigenvalue weighted by molar-refractivity contribution is -0.116. The van der Waals surface area contributed by atoms with E-state index in [1.807, 2.05) is 6.92 Å². The fourth-order valence-corrected chi connectivity index (χ4v) is 4.96. The average molecular weight is 467 g/mol. The van der Waals surface area contributed by atoms with Crippen LogP contribution in [0.2, 0.25) is 5.02 Å². The summed E-state index contributed by atoms with van der Waals surface area (Å²) in [6.45, 7) is 1.67. The number of aromatic nitrogens is 1. The maximum Gasteiger partial charge on any atom is 0.244 e. The van der Waals surface area contributed by atoms with Crippen LogP contribution in [0.4, 0.5) is 5.69 Å². The molecule has 0 spiro atoms. The van der Waals surface area contributed by atoms with Crippen LogP contribution in [0.1, 0.15) is 5.56 Å². The zero-order valence-corrected chi connectivity index (χ0v) is 18.7. The van der Waals surface area contributed by atoms with Crippen molar-refractivity contribution in [1.29, 1.82) is 0 Å². The standard InChI is InChI=1S/C24H19ClN2O4S/c1-16-11-12-17(13-20(16)25)26-23(28)15-27-14-22(24(29)19-9-5-6-10-21(19)27)32(30,31)18-7-3-2-4-8-18/h2-14H,15H2,1H3,(H,26,28). The number of anilines is 1. The number of aryl methyl sites for hydroxylation is 1. The molecule has 0 unspecified atom stereocenters. The molecule has 8 heteroatoms. The summed E-state index contributed by atoms with van der Waals surface area (Å²) in [4.78, 5) is 25.4. The minimum Gasteiger partial charge on any atom is -0.336 e. The Morgan fingerprint density at radius 3 is 2.41 bits per heavy atom. The van der Waals surface area contributed by atoms with Crippen molar-refractivity contribution in [2.75, 3.05) is 5.32 Å². The van der Waals surface area contributed by atoms with Crippen LogP contribution in [0, 0.1) is 6.92 Å². The Balaban J connectivity index is 1.77. The van der Waals surface area contributed by atoms with Crippen LogP contribution in [-0.2, 0) is 21.2 Å². The number of halogens is 1. The quantitative estimate of drug-likeness (QED) is 0.471. The summed E-state index contributed by atoms with van der Waals surface area (Å²) in [6, 6.07) is 19.5. The minimum absolute atomic E-state index is 0.0117. The van der Waals surface area contributed by atoms with Gasteiger partial charge in [-0.2, -0.15) is 0 Å². The largest absolute Gasteiger partial charge is 0.336 e. The lowest BCUT2D eigenvalue weighted by Crippen LogP contribution is -2.23. The Hall–Kier alpha value is -3.42. The van der Waals surface area contributed by atoms with Crippen LogP contribution in [0.5, 0.6) is 0 Å². The molecule has 4 rings (SSSR count). The number of para-hydroxylation sites is 1. The van der Waals surface area contributed by atoms with Gasteiger partial charge in [0, 0.05) is 22.3 Å². The minimum atomic E-state index is -4.07. The van der Waals surface area contributed by atoms with Gasteiger partial charge in [0.25, 0.3) is 0 Å². The molecule has 0 aliphatic heterocycles. The number of sulfone groups is 1. The number of benzene rings is 3. The predicted molar refractivity (Wildman–Crippen MR) is 125 cm³/mol. The monoisotopic (exact) mass is 466 g/mol. The van der Waals surface area contributed by atoms with E-state index in [0.717, 1.165) is 5.56 Å². The fraction of sp³-hybridized carbons (Fsp3) is 0.0833. The number of carbonyl (C=O) groups is 1. The highest BCUT2D eigenvalue weighted by Gasteiger charge is 2.24. The maximum atomic E-state index is 13.2. The molecule has 1 amide bonds. The molecule has 6 nitrogen and oxygen atoms in total. The van der Waals surface area contributed by atoms with Crippen molar-refractivity contribution < 1.29 is 13.2 Å². The third-order valence-electron chi connectivity index (χ3n) is 5.07. The van der Waals surface area contributed by atoms with E-state index in [1.54, 1.807) is 60.7 Å². The molecule has 162 valence electrons. The van der Waals surface area contributed by atoms with Gasteiger partial charge in [-0.15, -0.1) is 0 Å². The van der Waals surface area contributed by atoms with E-state index < -0.39 is 15.3 Å². The molecule has 0 aliphatic carbocycles. The third kappa shape index (κ3) is 4.17. The predicted octanol–water partition coefficient (Wildman–Crippen LogP) is 4.43. The summed E-state index contributed by atoms with van der Waals surface area (Å²) in [5.74, 6) is -0.387. The van der Waals surface area contributed by atoms with Crippen molar-refractivity contribution in [3.8, 4) is 0 Å². The van der Waals surface area contributed by atoms with Gasteiger partial charge in [-0.1, -0.05) is 48.0 Å². The summed E-state index contributed by atoms with van der Waals surface area (Å²) >= 11 is 6.12. The lowest BCUT2D eigenvalue weighted by atomic mass is 10.2. The Morgan fingerprint density at radius 2 is 1.69 bits per heavy atom. The average Bonchev–Trinajstić information content (AvgIpc) is 2.78. The van der Waals surface area contributed by atoms with Crippen LogP contribution in [0.15, 0.2) is 93.6 Å². The number of hydrogen-bond acceptors (Lipinski definition) is 4. The number of hydrogen-bond donors (Lipinski definition) is 1. The second kappa shape index (κ2) is 8.61. The van der Waals surface area contributed by atoms with Gasteiger partial charge in [0.15, 0.2) is 0 Å². The first-order chi connectivity index (χ1) is 15.3. The first kappa shape index (κ1) is 21.8. The molecule has 3 aromatic carbocycles. The van der Waals surface area contributed by atoms with Gasteiger partial charge in [-0.3, -0.25) is 9.59 Å². The van der Waals surface area contributed by atoms with Crippen molar-refractivity contribution in [2.24, 2.45) is 0 Å². The maximum absolute atomic E-state index is 13.2. The first-order valence-corrected chi connectivity index (χ1v) is 11.6. The van der Waals surface area contributed by atoms with Crippen molar-refractivity contribution in [3.63, 3.8) is 0 Å². The zero-order valence-electron chi connectivity index (χ0n) is 17.1. The van der Waals surface area contributed by atoms with E-state index in [4.69, 9.17) is 11.6 Å². The highest BCUT2D eigenvalue weighted by atomic mass is 35.5. The topological polar surface area (TPSA) is 85.2 Å². The second-order valence-corrected chi connectivity index (χ2v) is 9.62. The number of pyridine rings is 1. The SMILES string of the molecule is Cc1ccc(NC(=O)Cn2cc(S(=O)(=O)c3ccccc3)c(=O)c3ccccc32)cc1Cl. The van der Waals surface area contributed by atoms with Crippen molar-refractivity contribution in [1.82, 2.24) is 4.57 Å². The molecule has 32 heavy (non-hydrogen) atoms. The molecule has 0 bridgehead atoms. The van der Waals surface area contributed by atoms with Gasteiger partial charge in [0.1, 0.15) is 11.4 Å². The van der Waals surface area contributed by atoms with Crippen molar-refractivity contribution in [2.45, 2.75) is 23.3 Å². The number of nitrogens with zero attached hydrogens (tertiary/aromatic N) is 1. The number of amides is 1. The van der Waals surface area contributed by atoms with Crippen LogP contribution >= 0.6 is 11.6 Å². The van der Waals surface area contributed by atoms with Gasteiger partial charge in [0.05, 0.1) is 10.4 Å². The van der Waals surface area contributed by atoms with Gasteiger partial charge in [-0.05, 0) is 48.9 Å². The van der Waals surface area contributed by atoms with Gasteiger partial charge >= 0.3 is 0 Å². The zero-order chi connectivity index (χ0) is 22.9. The van der Waals surface area contributed by atoms with E-state index in [-0.39, 0.29) is 27.6 Å². The third-order valence-corrected chi connectivity index (χ3v) is 7.24. The van der Waals surface area contributed by atoms with E-state index in [1.165, 1.54) is 22.9 Å². The van der Waals surface area contributed by atoms with Crippen molar-refractivity contribution >= 4 is 43.9 Å².